The molecule has 0 saturated heterocycles. The van der Waals surface area contributed by atoms with E-state index in [0.29, 0.717) is 5.69 Å². The number of rotatable bonds is 1. The van der Waals surface area contributed by atoms with Crippen LogP contribution in [0.15, 0.2) is 23.2 Å². The second-order valence-corrected chi connectivity index (χ2v) is 4.62. The Labute approximate surface area is 85.3 Å². The van der Waals surface area contributed by atoms with Crippen LogP contribution in [-0.2, 0) is 0 Å². The van der Waals surface area contributed by atoms with Gasteiger partial charge < -0.3 is 5.11 Å². The topological polar surface area (TPSA) is 32.6 Å². The van der Waals surface area contributed by atoms with Gasteiger partial charge in [-0.2, -0.15) is 0 Å². The zero-order chi connectivity index (χ0) is 10.8. The highest BCUT2D eigenvalue weighted by atomic mass is 16.3. The summed E-state index contributed by atoms with van der Waals surface area (Å²) in [6, 6.07) is 5.41. The van der Waals surface area contributed by atoms with Gasteiger partial charge in [0.2, 0.25) is 0 Å². The highest BCUT2D eigenvalue weighted by molar-refractivity contribution is 5.70. The quantitative estimate of drug-likeness (QED) is 0.677. The van der Waals surface area contributed by atoms with Gasteiger partial charge >= 0.3 is 0 Å². The zero-order valence-electron chi connectivity index (χ0n) is 9.20. The molecule has 1 rings (SSSR count). The van der Waals surface area contributed by atoms with E-state index in [-0.39, 0.29) is 11.2 Å². The van der Waals surface area contributed by atoms with E-state index in [0.717, 1.165) is 5.56 Å². The predicted octanol–water partition coefficient (Wildman–Crippen LogP) is 3.45. The highest BCUT2D eigenvalue weighted by Crippen LogP contribution is 2.27. The van der Waals surface area contributed by atoms with E-state index in [1.54, 1.807) is 6.07 Å². The molecule has 0 radical (unpaired) electrons. The van der Waals surface area contributed by atoms with Gasteiger partial charge in [0.05, 0.1) is 0 Å². The smallest absolute Gasteiger partial charge is 0.141 e. The molecule has 0 aliphatic rings. The van der Waals surface area contributed by atoms with Crippen molar-refractivity contribution in [1.82, 2.24) is 0 Å². The van der Waals surface area contributed by atoms with Crippen molar-refractivity contribution in [2.45, 2.75) is 27.7 Å². The Bertz CT molecular complexity index is 348. The minimum atomic E-state index is 0.0379. The number of hydrogen-bond acceptors (Lipinski definition) is 2. The van der Waals surface area contributed by atoms with E-state index in [9.17, 15) is 5.11 Å². The molecule has 76 valence electrons. The van der Waals surface area contributed by atoms with E-state index >= 15 is 0 Å². The molecule has 0 aliphatic carbocycles. The van der Waals surface area contributed by atoms with Gasteiger partial charge in [0.25, 0.3) is 0 Å². The van der Waals surface area contributed by atoms with Crippen molar-refractivity contribution in [3.63, 3.8) is 0 Å². The maximum atomic E-state index is 9.52. The first-order valence-corrected chi connectivity index (χ1v) is 4.73. The first-order chi connectivity index (χ1) is 6.38. The normalized spacial score (nSPS) is 12.3. The lowest BCUT2D eigenvalue weighted by molar-refractivity contribution is 0.476. The van der Waals surface area contributed by atoms with Crippen LogP contribution in [0.3, 0.4) is 0 Å². The fourth-order valence-corrected chi connectivity index (χ4v) is 1.00. The molecular formula is C12H17NO. The monoisotopic (exact) mass is 191 g/mol. The van der Waals surface area contributed by atoms with Crippen LogP contribution < -0.4 is 0 Å². The summed E-state index contributed by atoms with van der Waals surface area (Å²) in [7, 11) is 0. The van der Waals surface area contributed by atoms with Crippen LogP contribution in [0.1, 0.15) is 26.3 Å². The highest BCUT2D eigenvalue weighted by Gasteiger charge is 2.06. The molecule has 2 nitrogen and oxygen atoms in total. The van der Waals surface area contributed by atoms with Crippen molar-refractivity contribution in [2.24, 2.45) is 10.4 Å². The third kappa shape index (κ3) is 3.21. The summed E-state index contributed by atoms with van der Waals surface area (Å²) < 4.78 is 0. The van der Waals surface area contributed by atoms with Gasteiger partial charge in [-0.3, -0.25) is 4.99 Å². The van der Waals surface area contributed by atoms with Gasteiger partial charge in [0.15, 0.2) is 0 Å². The minimum absolute atomic E-state index is 0.0379. The van der Waals surface area contributed by atoms with E-state index < -0.39 is 0 Å². The predicted molar refractivity (Wildman–Crippen MR) is 60.5 cm³/mol. The Kier molecular flexibility index (Phi) is 2.94. The first-order valence-electron chi connectivity index (χ1n) is 4.73. The number of aromatic hydroxyl groups is 1. The molecule has 0 bridgehead atoms. The molecule has 1 aromatic carbocycles. The van der Waals surface area contributed by atoms with Gasteiger partial charge in [-0.05, 0) is 30.0 Å². The lowest BCUT2D eigenvalue weighted by Gasteiger charge is -2.10. The fourth-order valence-electron chi connectivity index (χ4n) is 1.00. The molecular weight excluding hydrogens is 174 g/mol. The van der Waals surface area contributed by atoms with Gasteiger partial charge in [0, 0.05) is 6.21 Å². The van der Waals surface area contributed by atoms with Crippen LogP contribution in [0.5, 0.6) is 5.75 Å². The Balaban J connectivity index is 2.97. The molecule has 0 atom stereocenters. The van der Waals surface area contributed by atoms with Crippen LogP contribution in [0.2, 0.25) is 0 Å². The van der Waals surface area contributed by atoms with Gasteiger partial charge in [-0.25, -0.2) is 0 Å². The standard InChI is InChI=1S/C12H17NO/c1-9-5-6-11(14)10(7-9)13-8-12(2,3)4/h5-8,14H,1-4H3. The summed E-state index contributed by atoms with van der Waals surface area (Å²) in [5.41, 5.74) is 1.78. The molecule has 0 unspecified atom stereocenters. The number of aryl methyl sites for hydroxylation is 1. The molecule has 0 spiro atoms. The summed E-state index contributed by atoms with van der Waals surface area (Å²) in [6.07, 6.45) is 1.85. The molecule has 0 heterocycles. The van der Waals surface area contributed by atoms with Crippen molar-refractivity contribution in [1.29, 1.82) is 0 Å². The molecule has 1 N–H and O–H groups in total. The lowest BCUT2D eigenvalue weighted by atomic mass is 9.99. The lowest BCUT2D eigenvalue weighted by Crippen LogP contribution is -2.05. The average Bonchev–Trinajstić information content (AvgIpc) is 2.05. The molecule has 0 aromatic heterocycles. The minimum Gasteiger partial charge on any atom is -0.506 e. The van der Waals surface area contributed by atoms with Gasteiger partial charge in [-0.1, -0.05) is 26.8 Å². The van der Waals surface area contributed by atoms with E-state index in [1.807, 2.05) is 25.3 Å². The van der Waals surface area contributed by atoms with Crippen LogP contribution in [-0.4, -0.2) is 11.3 Å². The van der Waals surface area contributed by atoms with Gasteiger partial charge in [0.1, 0.15) is 11.4 Å². The van der Waals surface area contributed by atoms with Crippen LogP contribution >= 0.6 is 0 Å². The average molecular weight is 191 g/mol. The Morgan fingerprint density at radius 2 is 1.93 bits per heavy atom. The Morgan fingerprint density at radius 3 is 2.50 bits per heavy atom. The molecule has 0 fully saturated rings. The molecule has 0 amide bonds. The van der Waals surface area contributed by atoms with Crippen molar-refractivity contribution >= 4 is 11.9 Å². The number of phenols is 1. The third-order valence-electron chi connectivity index (χ3n) is 1.72. The summed E-state index contributed by atoms with van der Waals surface area (Å²) in [5.74, 6) is 0.233. The molecule has 14 heavy (non-hydrogen) atoms. The molecule has 0 aliphatic heterocycles. The number of aliphatic imine (C=N–C) groups is 1. The van der Waals surface area contributed by atoms with Crippen molar-refractivity contribution in [2.75, 3.05) is 0 Å². The number of hydrogen-bond donors (Lipinski definition) is 1. The second-order valence-electron chi connectivity index (χ2n) is 4.62. The van der Waals surface area contributed by atoms with E-state index in [4.69, 9.17) is 0 Å². The van der Waals surface area contributed by atoms with Gasteiger partial charge in [-0.15, -0.1) is 0 Å². The number of benzene rings is 1. The molecule has 2 heteroatoms. The second kappa shape index (κ2) is 3.82. The SMILES string of the molecule is Cc1ccc(O)c(N=CC(C)(C)C)c1. The van der Waals surface area contributed by atoms with E-state index in [2.05, 4.69) is 25.8 Å². The van der Waals surface area contributed by atoms with Crippen molar-refractivity contribution in [3.8, 4) is 5.75 Å². The van der Waals surface area contributed by atoms with Crippen LogP contribution in [0, 0.1) is 12.3 Å². The van der Waals surface area contributed by atoms with E-state index in [1.165, 1.54) is 0 Å². The van der Waals surface area contributed by atoms with Crippen LogP contribution in [0.4, 0.5) is 5.69 Å². The molecule has 1 aromatic rings. The third-order valence-corrected chi connectivity index (χ3v) is 1.72. The Morgan fingerprint density at radius 1 is 1.29 bits per heavy atom. The van der Waals surface area contributed by atoms with Crippen LogP contribution in [0.25, 0.3) is 0 Å². The van der Waals surface area contributed by atoms with Crippen molar-refractivity contribution in [3.05, 3.63) is 23.8 Å². The Hall–Kier alpha value is -1.31. The largest absolute Gasteiger partial charge is 0.506 e. The summed E-state index contributed by atoms with van der Waals surface area (Å²) >= 11 is 0. The molecule has 0 saturated carbocycles. The summed E-state index contributed by atoms with van der Waals surface area (Å²) in [6.45, 7) is 8.20. The summed E-state index contributed by atoms with van der Waals surface area (Å²) in [5, 5.41) is 9.52. The zero-order valence-corrected chi connectivity index (χ0v) is 9.20. The summed E-state index contributed by atoms with van der Waals surface area (Å²) in [4.78, 5) is 4.26. The maximum Gasteiger partial charge on any atom is 0.141 e. The fraction of sp³-hybridized carbons (Fsp3) is 0.417. The number of phenolic OH excluding ortho intramolecular Hbond substituents is 1. The maximum absolute atomic E-state index is 9.52. The number of nitrogens with zero attached hydrogens (tertiary/aromatic N) is 1. The first kappa shape index (κ1) is 10.8. The van der Waals surface area contributed by atoms with Crippen molar-refractivity contribution < 1.29 is 5.11 Å².